The number of hydrogen-bond acceptors (Lipinski definition) is 3. The number of hydrogen-bond donors (Lipinski definition) is 0. The van der Waals surface area contributed by atoms with Gasteiger partial charge in [-0.3, -0.25) is 14.9 Å². The van der Waals surface area contributed by atoms with Gasteiger partial charge in [0.15, 0.2) is 0 Å². The van der Waals surface area contributed by atoms with E-state index < -0.39 is 11.7 Å². The first-order chi connectivity index (χ1) is 13.5. The molecule has 0 unspecified atom stereocenters. The molecule has 0 amide bonds. The zero-order valence-corrected chi connectivity index (χ0v) is 15.3. The molecule has 2 heterocycles. The highest BCUT2D eigenvalue weighted by Crippen LogP contribution is 2.31. The van der Waals surface area contributed by atoms with Gasteiger partial charge in [0.1, 0.15) is 0 Å². The van der Waals surface area contributed by atoms with Crippen molar-refractivity contribution in [3.63, 3.8) is 0 Å². The quantitative estimate of drug-likeness (QED) is 0.636. The molecule has 0 saturated heterocycles. The zero-order valence-electron chi connectivity index (χ0n) is 15.3. The lowest BCUT2D eigenvalue weighted by molar-refractivity contribution is -0.137. The van der Waals surface area contributed by atoms with Gasteiger partial charge in [-0.25, -0.2) is 0 Å². The molecule has 6 heteroatoms. The lowest BCUT2D eigenvalue weighted by atomic mass is 9.98. The van der Waals surface area contributed by atoms with Crippen LogP contribution in [0.3, 0.4) is 0 Å². The van der Waals surface area contributed by atoms with Gasteiger partial charge in [0, 0.05) is 32.0 Å². The highest BCUT2D eigenvalue weighted by molar-refractivity contribution is 5.74. The Morgan fingerprint density at radius 3 is 2.36 bits per heavy atom. The summed E-state index contributed by atoms with van der Waals surface area (Å²) in [6.45, 7) is 2.65. The molecule has 28 heavy (non-hydrogen) atoms. The molecule has 3 nitrogen and oxygen atoms in total. The van der Waals surface area contributed by atoms with Crippen molar-refractivity contribution in [3.8, 4) is 0 Å². The van der Waals surface area contributed by atoms with E-state index in [1.54, 1.807) is 24.5 Å². The van der Waals surface area contributed by atoms with Crippen LogP contribution in [-0.4, -0.2) is 34.5 Å². The summed E-state index contributed by atoms with van der Waals surface area (Å²) in [6.07, 6.45) is 2.99. The summed E-state index contributed by atoms with van der Waals surface area (Å²) < 4.78 is 38.1. The van der Waals surface area contributed by atoms with Crippen molar-refractivity contribution in [3.05, 3.63) is 77.6 Å². The van der Waals surface area contributed by atoms with Gasteiger partial charge in [0.2, 0.25) is 0 Å². The number of rotatable bonds is 4. The lowest BCUT2D eigenvalue weighted by Crippen LogP contribution is -2.30. The lowest BCUT2D eigenvalue weighted by Gasteiger charge is -2.26. The Kier molecular flexibility index (Phi) is 5.13. The minimum atomic E-state index is -4.29. The molecular weight excluding hydrogens is 363 g/mol. The molecule has 3 aromatic rings. The molecule has 1 aromatic heterocycles. The maximum absolute atomic E-state index is 12.7. The second kappa shape index (κ2) is 7.72. The van der Waals surface area contributed by atoms with E-state index in [9.17, 15) is 13.2 Å². The van der Waals surface area contributed by atoms with Crippen LogP contribution < -0.4 is 0 Å². The van der Waals surface area contributed by atoms with E-state index in [-0.39, 0.29) is 0 Å². The first kappa shape index (κ1) is 18.6. The molecule has 0 N–H and O–H groups in total. The molecule has 1 aliphatic rings. The second-order valence-corrected chi connectivity index (χ2v) is 6.98. The molecule has 1 aliphatic heterocycles. The van der Waals surface area contributed by atoms with Crippen LogP contribution in [-0.2, 0) is 12.6 Å². The number of aromatic nitrogens is 2. The predicted octanol–water partition coefficient (Wildman–Crippen LogP) is 4.98. The Bertz CT molecular complexity index is 994. The normalized spacial score (nSPS) is 15.6. The third kappa shape index (κ3) is 4.22. The summed E-state index contributed by atoms with van der Waals surface area (Å²) in [5.41, 5.74) is 4.42. The van der Waals surface area contributed by atoms with Crippen LogP contribution in [0.1, 0.15) is 23.1 Å². The van der Waals surface area contributed by atoms with Crippen molar-refractivity contribution in [2.75, 3.05) is 19.6 Å². The molecular formula is C22H20F3N3. The van der Waals surface area contributed by atoms with Gasteiger partial charge in [-0.15, -0.1) is 0 Å². The Morgan fingerprint density at radius 1 is 0.929 bits per heavy atom. The number of alkyl halides is 3. The topological polar surface area (TPSA) is 29.0 Å². The molecule has 0 fully saturated rings. The van der Waals surface area contributed by atoms with E-state index in [1.807, 2.05) is 6.07 Å². The molecule has 4 rings (SSSR count). The minimum Gasteiger partial charge on any atom is -0.299 e. The highest BCUT2D eigenvalue weighted by Gasteiger charge is 2.30. The SMILES string of the molecule is FC(F)(F)c1ccc(C2=CCN(CCc3ccc4nccnc4c3)CC2)cc1. The van der Waals surface area contributed by atoms with Crippen molar-refractivity contribution < 1.29 is 13.2 Å². The van der Waals surface area contributed by atoms with Gasteiger partial charge in [0.05, 0.1) is 16.6 Å². The smallest absolute Gasteiger partial charge is 0.299 e. The summed E-state index contributed by atoms with van der Waals surface area (Å²) in [5.74, 6) is 0. The summed E-state index contributed by atoms with van der Waals surface area (Å²) in [4.78, 5) is 11.0. The Hall–Kier alpha value is -2.73. The van der Waals surface area contributed by atoms with Crippen LogP contribution in [0.15, 0.2) is 60.9 Å². The standard InChI is InChI=1S/C22H20F3N3/c23-22(24,25)19-4-2-17(3-5-19)18-8-13-28(14-9-18)12-7-16-1-6-20-21(15-16)27-11-10-26-20/h1-6,8,10-11,15H,7,9,12-14H2. The van der Waals surface area contributed by atoms with E-state index in [0.29, 0.717) is 0 Å². The van der Waals surface area contributed by atoms with Crippen molar-refractivity contribution in [1.29, 1.82) is 0 Å². The average molecular weight is 383 g/mol. The molecule has 0 saturated carbocycles. The van der Waals surface area contributed by atoms with E-state index in [1.165, 1.54) is 5.56 Å². The van der Waals surface area contributed by atoms with Crippen molar-refractivity contribution >= 4 is 16.6 Å². The number of fused-ring (bicyclic) bond motifs is 1. The fraction of sp³-hybridized carbons (Fsp3) is 0.273. The third-order valence-corrected chi connectivity index (χ3v) is 5.13. The van der Waals surface area contributed by atoms with E-state index in [2.05, 4.69) is 33.1 Å². The van der Waals surface area contributed by atoms with Crippen molar-refractivity contribution in [2.45, 2.75) is 19.0 Å². The molecule has 0 atom stereocenters. The largest absolute Gasteiger partial charge is 0.416 e. The van der Waals surface area contributed by atoms with Gasteiger partial charge in [-0.1, -0.05) is 24.3 Å². The first-order valence-electron chi connectivity index (χ1n) is 9.28. The molecule has 144 valence electrons. The molecule has 2 aromatic carbocycles. The van der Waals surface area contributed by atoms with Gasteiger partial charge in [-0.05, 0) is 53.8 Å². The number of halogens is 3. The minimum absolute atomic E-state index is 0.602. The van der Waals surface area contributed by atoms with Crippen molar-refractivity contribution in [2.24, 2.45) is 0 Å². The first-order valence-corrected chi connectivity index (χ1v) is 9.28. The third-order valence-electron chi connectivity index (χ3n) is 5.13. The number of benzene rings is 2. The average Bonchev–Trinajstić information content (AvgIpc) is 2.72. The van der Waals surface area contributed by atoms with Crippen molar-refractivity contribution in [1.82, 2.24) is 14.9 Å². The summed E-state index contributed by atoms with van der Waals surface area (Å²) in [6, 6.07) is 11.6. The molecule has 0 aliphatic carbocycles. The maximum Gasteiger partial charge on any atom is 0.416 e. The fourth-order valence-electron chi connectivity index (χ4n) is 3.50. The molecule has 0 radical (unpaired) electrons. The van der Waals surface area contributed by atoms with Crippen LogP contribution in [0.2, 0.25) is 0 Å². The zero-order chi connectivity index (χ0) is 19.6. The van der Waals surface area contributed by atoms with Crippen LogP contribution in [0.25, 0.3) is 16.6 Å². The van der Waals surface area contributed by atoms with Crippen LogP contribution in [0, 0.1) is 0 Å². The Morgan fingerprint density at radius 2 is 1.68 bits per heavy atom. The Balaban J connectivity index is 1.35. The van der Waals surface area contributed by atoms with Crippen LogP contribution in [0.5, 0.6) is 0 Å². The van der Waals surface area contributed by atoms with Gasteiger partial charge in [-0.2, -0.15) is 13.2 Å². The predicted molar refractivity (Wildman–Crippen MR) is 104 cm³/mol. The summed E-state index contributed by atoms with van der Waals surface area (Å²) >= 11 is 0. The van der Waals surface area contributed by atoms with Crippen LogP contribution in [0.4, 0.5) is 13.2 Å². The van der Waals surface area contributed by atoms with Crippen LogP contribution >= 0.6 is 0 Å². The molecule has 0 bridgehead atoms. The van der Waals surface area contributed by atoms with Gasteiger partial charge < -0.3 is 0 Å². The number of nitrogens with zero attached hydrogens (tertiary/aromatic N) is 3. The monoisotopic (exact) mass is 383 g/mol. The summed E-state index contributed by atoms with van der Waals surface area (Å²) in [7, 11) is 0. The van der Waals surface area contributed by atoms with E-state index >= 15 is 0 Å². The molecule has 0 spiro atoms. The van der Waals surface area contributed by atoms with E-state index in [0.717, 1.165) is 66.8 Å². The maximum atomic E-state index is 12.7. The Labute approximate surface area is 161 Å². The highest BCUT2D eigenvalue weighted by atomic mass is 19.4. The van der Waals surface area contributed by atoms with Gasteiger partial charge >= 0.3 is 6.18 Å². The second-order valence-electron chi connectivity index (χ2n) is 6.98. The summed E-state index contributed by atoms with van der Waals surface area (Å²) in [5, 5.41) is 0. The fourth-order valence-corrected chi connectivity index (χ4v) is 3.50. The van der Waals surface area contributed by atoms with Gasteiger partial charge in [0.25, 0.3) is 0 Å². The van der Waals surface area contributed by atoms with E-state index in [4.69, 9.17) is 0 Å².